The zero-order valence-corrected chi connectivity index (χ0v) is 19.9. The molecule has 1 aliphatic heterocycles. The van der Waals surface area contributed by atoms with Gasteiger partial charge in [-0.3, -0.25) is 0 Å². The maximum atomic E-state index is 12.5. The fourth-order valence-electron chi connectivity index (χ4n) is 3.80. The second-order valence-corrected chi connectivity index (χ2v) is 9.66. The maximum absolute atomic E-state index is 12.5. The Bertz CT molecular complexity index is 896. The molecule has 0 bridgehead atoms. The molecule has 1 saturated heterocycles. The van der Waals surface area contributed by atoms with Gasteiger partial charge in [0.05, 0.1) is 0 Å². The van der Waals surface area contributed by atoms with Crippen LogP contribution in [0.3, 0.4) is 0 Å². The Balaban J connectivity index is 0.000000245. The molecular formula is C26H34F3NO3. The summed E-state index contributed by atoms with van der Waals surface area (Å²) in [6.07, 6.45) is -4.24. The van der Waals surface area contributed by atoms with Gasteiger partial charge >= 0.3 is 12.3 Å². The summed E-state index contributed by atoms with van der Waals surface area (Å²) in [5, 5.41) is 9.50. The summed E-state index contributed by atoms with van der Waals surface area (Å²) in [5.41, 5.74) is -1.94. The lowest BCUT2D eigenvalue weighted by molar-refractivity contribution is -0.267. The van der Waals surface area contributed by atoms with E-state index in [1.807, 2.05) is 31.7 Å². The van der Waals surface area contributed by atoms with Crippen molar-refractivity contribution in [2.75, 3.05) is 13.1 Å². The monoisotopic (exact) mass is 465 g/mol. The summed E-state index contributed by atoms with van der Waals surface area (Å²) >= 11 is 0. The van der Waals surface area contributed by atoms with Crippen molar-refractivity contribution in [1.82, 2.24) is 4.90 Å². The highest BCUT2D eigenvalue weighted by Crippen LogP contribution is 2.41. The van der Waals surface area contributed by atoms with Gasteiger partial charge in [-0.05, 0) is 44.7 Å². The Kier molecular flexibility index (Phi) is 8.22. The Labute approximate surface area is 194 Å². The molecule has 1 unspecified atom stereocenters. The van der Waals surface area contributed by atoms with Crippen molar-refractivity contribution in [1.29, 1.82) is 0 Å². The van der Waals surface area contributed by atoms with Gasteiger partial charge in [0.1, 0.15) is 5.60 Å². The van der Waals surface area contributed by atoms with E-state index in [1.54, 1.807) is 6.07 Å². The highest BCUT2D eigenvalue weighted by atomic mass is 19.4. The lowest BCUT2D eigenvalue weighted by Crippen LogP contribution is -2.41. The first-order chi connectivity index (χ1) is 15.2. The van der Waals surface area contributed by atoms with Gasteiger partial charge in [-0.25, -0.2) is 4.79 Å². The van der Waals surface area contributed by atoms with E-state index in [1.165, 1.54) is 36.8 Å². The van der Waals surface area contributed by atoms with Gasteiger partial charge in [0, 0.05) is 18.5 Å². The number of hydrogen-bond donors (Lipinski definition) is 1. The zero-order valence-electron chi connectivity index (χ0n) is 19.9. The van der Waals surface area contributed by atoms with Crippen molar-refractivity contribution in [3.63, 3.8) is 0 Å². The van der Waals surface area contributed by atoms with Gasteiger partial charge < -0.3 is 14.7 Å². The summed E-state index contributed by atoms with van der Waals surface area (Å²) in [6, 6.07) is 17.5. The molecule has 2 atom stereocenters. The SMILES string of the molecule is CC(C)(C)OC(=O)N1CC[C@](C)(c2ccccc2)C1.CCC(O)(c1ccccc1)C(F)(F)F. The van der Waals surface area contributed by atoms with Crippen molar-refractivity contribution in [3.8, 4) is 0 Å². The molecule has 3 rings (SSSR count). The third-order valence-corrected chi connectivity index (χ3v) is 5.83. The molecule has 182 valence electrons. The molecule has 0 radical (unpaired) electrons. The molecule has 1 N–H and O–H groups in total. The average Bonchev–Trinajstić information content (AvgIpc) is 3.17. The van der Waals surface area contributed by atoms with Crippen LogP contribution in [0.15, 0.2) is 60.7 Å². The molecule has 2 aromatic rings. The van der Waals surface area contributed by atoms with Crippen LogP contribution in [-0.4, -0.2) is 41.0 Å². The number of likely N-dealkylation sites (tertiary alicyclic amines) is 1. The van der Waals surface area contributed by atoms with Crippen molar-refractivity contribution >= 4 is 6.09 Å². The van der Waals surface area contributed by atoms with E-state index >= 15 is 0 Å². The standard InChI is InChI=1S/C16H23NO2.C10H11F3O/c1-15(2,3)19-14(18)17-11-10-16(4,12-17)13-8-6-5-7-9-13;1-2-9(14,10(11,12)13)8-6-4-3-5-7-8/h5-9H,10-12H2,1-4H3;3-7,14H,2H2,1H3/t16-;/m0./s1. The Morgan fingerprint density at radius 1 is 1.03 bits per heavy atom. The minimum Gasteiger partial charge on any atom is -0.444 e. The van der Waals surface area contributed by atoms with Crippen LogP contribution in [0.5, 0.6) is 0 Å². The van der Waals surface area contributed by atoms with Crippen molar-refractivity contribution in [2.45, 2.75) is 70.3 Å². The number of ether oxygens (including phenoxy) is 1. The summed E-state index contributed by atoms with van der Waals surface area (Å²) < 4.78 is 43.1. The topological polar surface area (TPSA) is 49.8 Å². The minimum absolute atomic E-state index is 0.0398. The molecular weight excluding hydrogens is 431 g/mol. The largest absolute Gasteiger partial charge is 0.444 e. The number of hydrogen-bond acceptors (Lipinski definition) is 3. The first-order valence-electron chi connectivity index (χ1n) is 11.1. The summed E-state index contributed by atoms with van der Waals surface area (Å²) in [6.45, 7) is 10.7. The molecule has 1 aliphatic rings. The lowest BCUT2D eigenvalue weighted by atomic mass is 9.82. The van der Waals surface area contributed by atoms with Gasteiger partial charge in [-0.1, -0.05) is 74.5 Å². The number of halogens is 3. The van der Waals surface area contributed by atoms with Crippen LogP contribution in [0.4, 0.5) is 18.0 Å². The fraction of sp³-hybridized carbons (Fsp3) is 0.500. The van der Waals surface area contributed by atoms with Gasteiger partial charge in [0.15, 0.2) is 5.60 Å². The predicted octanol–water partition coefficient (Wildman–Crippen LogP) is 6.43. The van der Waals surface area contributed by atoms with Gasteiger partial charge in [0.25, 0.3) is 0 Å². The van der Waals surface area contributed by atoms with Crippen LogP contribution in [0.1, 0.15) is 58.6 Å². The van der Waals surface area contributed by atoms with E-state index in [0.29, 0.717) is 0 Å². The van der Waals surface area contributed by atoms with Crippen molar-refractivity contribution in [3.05, 3.63) is 71.8 Å². The number of rotatable bonds is 3. The minimum atomic E-state index is -4.64. The van der Waals surface area contributed by atoms with Crippen LogP contribution in [-0.2, 0) is 15.8 Å². The van der Waals surface area contributed by atoms with E-state index in [9.17, 15) is 23.1 Å². The average molecular weight is 466 g/mol. The molecule has 2 aromatic carbocycles. The second-order valence-electron chi connectivity index (χ2n) is 9.66. The van der Waals surface area contributed by atoms with E-state index in [-0.39, 0.29) is 23.5 Å². The number of aliphatic hydroxyl groups is 1. The van der Waals surface area contributed by atoms with E-state index in [2.05, 4.69) is 31.2 Å². The lowest BCUT2D eigenvalue weighted by Gasteiger charge is -2.29. The van der Waals surface area contributed by atoms with E-state index in [4.69, 9.17) is 4.74 Å². The quantitative estimate of drug-likeness (QED) is 0.568. The van der Waals surface area contributed by atoms with Crippen LogP contribution in [0, 0.1) is 0 Å². The smallest absolute Gasteiger partial charge is 0.421 e. The maximum Gasteiger partial charge on any atom is 0.421 e. The molecule has 0 saturated carbocycles. The van der Waals surface area contributed by atoms with E-state index < -0.39 is 17.4 Å². The number of alkyl halides is 3. The number of amides is 1. The summed E-state index contributed by atoms with van der Waals surface area (Å²) in [4.78, 5) is 13.9. The zero-order chi connectivity index (χ0) is 24.9. The van der Waals surface area contributed by atoms with Crippen LogP contribution >= 0.6 is 0 Å². The molecule has 1 fully saturated rings. The van der Waals surface area contributed by atoms with Crippen molar-refractivity contribution < 1.29 is 27.8 Å². The molecule has 1 heterocycles. The summed E-state index contributed by atoms with van der Waals surface area (Å²) in [5.74, 6) is 0. The van der Waals surface area contributed by atoms with Crippen molar-refractivity contribution in [2.24, 2.45) is 0 Å². The summed E-state index contributed by atoms with van der Waals surface area (Å²) in [7, 11) is 0. The first kappa shape index (κ1) is 26.7. The number of benzene rings is 2. The normalized spacial score (nSPS) is 20.5. The number of nitrogens with zero attached hydrogens (tertiary/aromatic N) is 1. The predicted molar refractivity (Wildman–Crippen MR) is 123 cm³/mol. The van der Waals surface area contributed by atoms with Crippen LogP contribution in [0.25, 0.3) is 0 Å². The molecule has 0 aromatic heterocycles. The second kappa shape index (κ2) is 10.2. The highest BCUT2D eigenvalue weighted by Gasteiger charge is 2.53. The van der Waals surface area contributed by atoms with Gasteiger partial charge in [0.2, 0.25) is 0 Å². The molecule has 0 spiro atoms. The molecule has 0 aliphatic carbocycles. The van der Waals surface area contributed by atoms with Gasteiger partial charge in [-0.2, -0.15) is 13.2 Å². The van der Waals surface area contributed by atoms with E-state index in [0.717, 1.165) is 19.5 Å². The number of carbonyl (C=O) groups is 1. The first-order valence-corrected chi connectivity index (χ1v) is 11.1. The fourth-order valence-corrected chi connectivity index (χ4v) is 3.80. The third-order valence-electron chi connectivity index (χ3n) is 5.83. The molecule has 4 nitrogen and oxygen atoms in total. The van der Waals surface area contributed by atoms with Crippen LogP contribution in [0.2, 0.25) is 0 Å². The Morgan fingerprint density at radius 3 is 2.00 bits per heavy atom. The Hall–Kier alpha value is -2.54. The third kappa shape index (κ3) is 6.73. The molecule has 1 amide bonds. The highest BCUT2D eigenvalue weighted by molar-refractivity contribution is 5.69. The number of carbonyl (C=O) groups excluding carboxylic acids is 1. The molecule has 7 heteroatoms. The molecule has 33 heavy (non-hydrogen) atoms. The van der Waals surface area contributed by atoms with Crippen LogP contribution < -0.4 is 0 Å². The van der Waals surface area contributed by atoms with Gasteiger partial charge in [-0.15, -0.1) is 0 Å². The Morgan fingerprint density at radius 2 is 1.55 bits per heavy atom.